The number of thiol groups is 1. The number of anilines is 3. The van der Waals surface area contributed by atoms with Gasteiger partial charge in [0.25, 0.3) is 11.8 Å². The lowest BCUT2D eigenvalue weighted by atomic mass is 10.1. The van der Waals surface area contributed by atoms with Gasteiger partial charge in [-0.25, -0.2) is 0 Å². The van der Waals surface area contributed by atoms with E-state index in [1.54, 1.807) is 60.3 Å². The highest BCUT2D eigenvalue weighted by Gasteiger charge is 2.38. The molecule has 9 rings (SSSR count). The minimum atomic E-state index is -0.337. The van der Waals surface area contributed by atoms with E-state index in [1.165, 1.54) is 0 Å². The van der Waals surface area contributed by atoms with Crippen LogP contribution in [0.3, 0.4) is 0 Å². The van der Waals surface area contributed by atoms with E-state index >= 15 is 0 Å². The molecule has 5 aromatic rings. The first-order valence-electron chi connectivity index (χ1n) is 25.4. The minimum Gasteiger partial charge on any atom is -0.493 e. The van der Waals surface area contributed by atoms with E-state index in [2.05, 4.69) is 29.7 Å². The van der Waals surface area contributed by atoms with Crippen molar-refractivity contribution in [2.24, 2.45) is 9.98 Å². The molecule has 0 unspecified atom stereocenters. The van der Waals surface area contributed by atoms with Crippen molar-refractivity contribution >= 4 is 71.2 Å². The maximum atomic E-state index is 14.2. The Hall–Kier alpha value is -6.92. The van der Waals surface area contributed by atoms with Crippen LogP contribution in [-0.2, 0) is 45.1 Å². The average molecular weight is 1040 g/mol. The van der Waals surface area contributed by atoms with Gasteiger partial charge in [0.15, 0.2) is 23.0 Å². The molecule has 0 saturated carbocycles. The summed E-state index contributed by atoms with van der Waals surface area (Å²) in [6, 6.07) is 28.5. The number of ether oxygens (including phenoxy) is 7. The molecule has 16 nitrogen and oxygen atoms in total. The summed E-state index contributed by atoms with van der Waals surface area (Å²) < 4.78 is 41.4. The number of hydrogen-bond donors (Lipinski definition) is 1. The Morgan fingerprint density at radius 2 is 1.17 bits per heavy atom. The third-order valence-corrected chi connectivity index (χ3v) is 13.8. The lowest BCUT2D eigenvalue weighted by Gasteiger charge is -2.28. The molecule has 0 N–H and O–H groups in total. The van der Waals surface area contributed by atoms with Crippen LogP contribution in [0.4, 0.5) is 28.4 Å². The van der Waals surface area contributed by atoms with Gasteiger partial charge in [0.2, 0.25) is 5.91 Å². The summed E-state index contributed by atoms with van der Waals surface area (Å²) in [6.07, 6.45) is 5.94. The highest BCUT2D eigenvalue weighted by molar-refractivity contribution is 7.81. The molecule has 0 fully saturated rings. The molecule has 5 aromatic carbocycles. The first kappa shape index (κ1) is 52.9. The van der Waals surface area contributed by atoms with E-state index in [4.69, 9.17) is 43.1 Å². The fraction of sp³-hybridized carbons (Fsp3) is 0.397. The molecule has 0 saturated heterocycles. The Balaban J connectivity index is 0.998. The summed E-state index contributed by atoms with van der Waals surface area (Å²) in [5.41, 5.74) is 8.27. The molecule has 0 spiro atoms. The maximum absolute atomic E-state index is 14.2. The van der Waals surface area contributed by atoms with Crippen LogP contribution in [0, 0.1) is 0 Å². The molecule has 394 valence electrons. The lowest BCUT2D eigenvalue weighted by molar-refractivity contribution is -0.130. The maximum Gasteiger partial charge on any atom is 0.261 e. The van der Waals surface area contributed by atoms with Crippen molar-refractivity contribution in [3.63, 3.8) is 0 Å². The van der Waals surface area contributed by atoms with Gasteiger partial charge in [0.1, 0.15) is 13.2 Å². The number of benzene rings is 5. The van der Waals surface area contributed by atoms with Crippen LogP contribution in [0.5, 0.6) is 23.0 Å². The van der Waals surface area contributed by atoms with Crippen LogP contribution in [0.2, 0.25) is 0 Å². The summed E-state index contributed by atoms with van der Waals surface area (Å²) in [5.74, 6) is 1.36. The van der Waals surface area contributed by atoms with Crippen LogP contribution >= 0.6 is 12.6 Å². The number of carbonyl (C=O) groups is 3. The zero-order chi connectivity index (χ0) is 52.6. The molecule has 0 bridgehead atoms. The Kier molecular flexibility index (Phi) is 16.8. The van der Waals surface area contributed by atoms with Gasteiger partial charge in [-0.1, -0.05) is 36.4 Å². The predicted molar refractivity (Wildman–Crippen MR) is 295 cm³/mol. The molecule has 75 heavy (non-hydrogen) atoms. The van der Waals surface area contributed by atoms with E-state index < -0.39 is 0 Å². The van der Waals surface area contributed by atoms with Crippen LogP contribution in [0.25, 0.3) is 0 Å². The van der Waals surface area contributed by atoms with Crippen LogP contribution in [-0.4, -0.2) is 133 Å². The number of aliphatic imine (C=N–C) groups is 2. The summed E-state index contributed by atoms with van der Waals surface area (Å²) >= 11 is 4.65. The lowest BCUT2D eigenvalue weighted by Crippen LogP contribution is -2.37. The molecule has 4 aliphatic heterocycles. The molecular formula is C58H66N6O10S. The second kappa shape index (κ2) is 23.7. The van der Waals surface area contributed by atoms with Gasteiger partial charge in [-0.15, -0.1) is 0 Å². The molecular weight excluding hydrogens is 973 g/mol. The SMILES string of the molecule is COCCOCCOCCN(CCCC(=O)N(C)CC(C)(C)S)c1cc(COc2cc3c(cc2OC)C(=O)N2c4ccccc4C[C@H]2C=N3)cc(COc2cc3c(cc2OC)C(=O)N2c4ccccc4C[C@H]2C=N3)c1. The Bertz CT molecular complexity index is 2800. The van der Waals surface area contributed by atoms with Gasteiger partial charge in [-0.2, -0.15) is 12.6 Å². The second-order valence-corrected chi connectivity index (χ2v) is 20.9. The van der Waals surface area contributed by atoms with E-state index in [0.717, 1.165) is 39.3 Å². The summed E-state index contributed by atoms with van der Waals surface area (Å²) in [5, 5.41) is 0. The van der Waals surface area contributed by atoms with Crippen molar-refractivity contribution in [1.82, 2.24) is 4.90 Å². The standard InChI is InChI=1S/C58H66N6O10S/c1-58(2,75)37-61(3)55(65)16-11-17-62(18-19-71-22-23-72-21-20-68-4)42-25-38(35-73-53-31-47-45(29-51(53)69-5)56(66)63-43(33-59-47)27-40-12-7-9-14-49(40)63)24-39(26-42)36-74-54-32-48-46(30-52(54)70-6)57(67)64-44(34-60-48)28-41-13-8-10-15-50(41)64/h7-10,12-15,24-26,29-34,43-44,75H,11,16-23,27-28,35-37H2,1-6H3/t43-,44-/m0/s1. The molecule has 17 heteroatoms. The van der Waals surface area contributed by atoms with E-state index in [-0.39, 0.29) is 47.8 Å². The number of fused-ring (bicyclic) bond motifs is 8. The van der Waals surface area contributed by atoms with E-state index in [1.807, 2.05) is 87.9 Å². The quantitative estimate of drug-likeness (QED) is 0.0466. The van der Waals surface area contributed by atoms with Crippen LogP contribution in [0.1, 0.15) is 69.7 Å². The van der Waals surface area contributed by atoms with Crippen molar-refractivity contribution in [3.05, 3.63) is 124 Å². The topological polar surface area (TPSA) is 154 Å². The highest BCUT2D eigenvalue weighted by Crippen LogP contribution is 2.43. The smallest absolute Gasteiger partial charge is 0.261 e. The molecule has 0 aromatic heterocycles. The number of hydrogen-bond acceptors (Lipinski definition) is 14. The number of amides is 3. The number of methoxy groups -OCH3 is 3. The first-order valence-corrected chi connectivity index (χ1v) is 25.9. The van der Waals surface area contributed by atoms with Crippen molar-refractivity contribution in [1.29, 1.82) is 0 Å². The average Bonchev–Trinajstić information content (AvgIpc) is 3.90. The Morgan fingerprint density at radius 1 is 0.667 bits per heavy atom. The molecule has 0 radical (unpaired) electrons. The van der Waals surface area contributed by atoms with Gasteiger partial charge >= 0.3 is 0 Å². The van der Waals surface area contributed by atoms with Crippen molar-refractivity contribution in [2.75, 3.05) is 95.7 Å². The fourth-order valence-electron chi connectivity index (χ4n) is 10.1. The number of rotatable bonds is 24. The van der Waals surface area contributed by atoms with Gasteiger partial charge in [-0.05, 0) is 85.0 Å². The van der Waals surface area contributed by atoms with Gasteiger partial charge in [0.05, 0.1) is 81.8 Å². The highest BCUT2D eigenvalue weighted by atomic mass is 32.1. The summed E-state index contributed by atoms with van der Waals surface area (Å²) in [6.45, 7) is 7.98. The van der Waals surface area contributed by atoms with Crippen molar-refractivity contribution in [3.8, 4) is 23.0 Å². The largest absolute Gasteiger partial charge is 0.493 e. The zero-order valence-electron chi connectivity index (χ0n) is 43.6. The van der Waals surface area contributed by atoms with Gasteiger partial charge in [-0.3, -0.25) is 34.2 Å². The minimum absolute atomic E-state index is 0.0367. The predicted octanol–water partition coefficient (Wildman–Crippen LogP) is 8.87. The van der Waals surface area contributed by atoms with E-state index in [9.17, 15) is 14.4 Å². The third-order valence-electron chi connectivity index (χ3n) is 13.6. The van der Waals surface area contributed by atoms with Crippen LogP contribution < -0.4 is 33.6 Å². The molecule has 4 aliphatic rings. The van der Waals surface area contributed by atoms with Gasteiger partial charge in [0, 0.05) is 99.4 Å². The normalized spacial score (nSPS) is 16.0. The molecule has 4 heterocycles. The van der Waals surface area contributed by atoms with Crippen molar-refractivity contribution in [2.45, 2.75) is 69.6 Å². The second-order valence-electron chi connectivity index (χ2n) is 19.7. The first-order chi connectivity index (χ1) is 36.3. The summed E-state index contributed by atoms with van der Waals surface area (Å²) in [7, 11) is 6.55. The number of para-hydroxylation sites is 2. The van der Waals surface area contributed by atoms with Crippen LogP contribution in [0.15, 0.2) is 101 Å². The zero-order valence-corrected chi connectivity index (χ0v) is 44.5. The van der Waals surface area contributed by atoms with Gasteiger partial charge < -0.3 is 43.0 Å². The molecule has 2 atom stereocenters. The van der Waals surface area contributed by atoms with E-state index in [0.29, 0.717) is 124 Å². The third kappa shape index (κ3) is 12.3. The molecule has 3 amide bonds. The van der Waals surface area contributed by atoms with Crippen molar-refractivity contribution < 1.29 is 47.5 Å². The Morgan fingerprint density at radius 3 is 1.68 bits per heavy atom. The monoisotopic (exact) mass is 1040 g/mol. The molecule has 0 aliphatic carbocycles. The Labute approximate surface area is 444 Å². The fourth-order valence-corrected chi connectivity index (χ4v) is 10.3. The number of carbonyl (C=O) groups excluding carboxylic acids is 3. The summed E-state index contributed by atoms with van der Waals surface area (Å²) in [4.78, 5) is 58.9. The number of nitrogens with zero attached hydrogens (tertiary/aromatic N) is 6.